The van der Waals surface area contributed by atoms with Gasteiger partial charge in [0.15, 0.2) is 0 Å². The number of pyridine rings is 1. The molecule has 0 radical (unpaired) electrons. The third-order valence-corrected chi connectivity index (χ3v) is 3.30. The molecular weight excluding hydrogens is 232 g/mol. The van der Waals surface area contributed by atoms with Crippen LogP contribution in [0.1, 0.15) is 31.1 Å². The van der Waals surface area contributed by atoms with Gasteiger partial charge < -0.3 is 5.32 Å². The molecule has 2 nitrogen and oxygen atoms in total. The molecule has 19 heavy (non-hydrogen) atoms. The van der Waals surface area contributed by atoms with Gasteiger partial charge in [0.1, 0.15) is 0 Å². The van der Waals surface area contributed by atoms with Crippen LogP contribution in [-0.4, -0.2) is 11.5 Å². The summed E-state index contributed by atoms with van der Waals surface area (Å²) < 4.78 is 0. The highest BCUT2D eigenvalue weighted by Gasteiger charge is 2.14. The maximum atomic E-state index is 4.35. The van der Waals surface area contributed by atoms with Gasteiger partial charge in [0.2, 0.25) is 0 Å². The van der Waals surface area contributed by atoms with E-state index in [1.54, 1.807) is 0 Å². The third-order valence-electron chi connectivity index (χ3n) is 3.30. The summed E-state index contributed by atoms with van der Waals surface area (Å²) in [4.78, 5) is 4.35. The van der Waals surface area contributed by atoms with E-state index in [1.165, 1.54) is 5.56 Å². The molecule has 100 valence electrons. The van der Waals surface area contributed by atoms with E-state index < -0.39 is 0 Å². The number of nitrogens with one attached hydrogen (secondary N) is 1. The van der Waals surface area contributed by atoms with Gasteiger partial charge in [-0.25, -0.2) is 0 Å². The molecular formula is C17H22N2. The number of benzene rings is 1. The molecule has 1 N–H and O–H groups in total. The van der Waals surface area contributed by atoms with Crippen molar-refractivity contribution < 1.29 is 0 Å². The van der Waals surface area contributed by atoms with Gasteiger partial charge in [0.05, 0.1) is 0 Å². The van der Waals surface area contributed by atoms with E-state index in [9.17, 15) is 0 Å². The Kier molecular flexibility index (Phi) is 5.10. The SMILES string of the molecule is CC(C)C(NCCc1ccccn1)c1ccccc1. The van der Waals surface area contributed by atoms with Gasteiger partial charge in [-0.3, -0.25) is 4.98 Å². The minimum absolute atomic E-state index is 0.407. The highest BCUT2D eigenvalue weighted by atomic mass is 14.9. The Morgan fingerprint density at radius 3 is 2.37 bits per heavy atom. The van der Waals surface area contributed by atoms with Gasteiger partial charge in [-0.15, -0.1) is 0 Å². The molecule has 0 aliphatic carbocycles. The van der Waals surface area contributed by atoms with E-state index in [1.807, 2.05) is 18.3 Å². The van der Waals surface area contributed by atoms with Crippen LogP contribution in [0.4, 0.5) is 0 Å². The number of hydrogen-bond acceptors (Lipinski definition) is 2. The number of hydrogen-bond donors (Lipinski definition) is 1. The molecule has 1 heterocycles. The Morgan fingerprint density at radius 2 is 1.74 bits per heavy atom. The zero-order valence-corrected chi connectivity index (χ0v) is 11.7. The molecule has 2 rings (SSSR count). The van der Waals surface area contributed by atoms with Crippen molar-refractivity contribution >= 4 is 0 Å². The van der Waals surface area contributed by atoms with E-state index >= 15 is 0 Å². The Balaban J connectivity index is 1.92. The van der Waals surface area contributed by atoms with Crippen LogP contribution in [0.2, 0.25) is 0 Å². The highest BCUT2D eigenvalue weighted by molar-refractivity contribution is 5.19. The fourth-order valence-electron chi connectivity index (χ4n) is 2.30. The summed E-state index contributed by atoms with van der Waals surface area (Å²) in [5.41, 5.74) is 2.50. The summed E-state index contributed by atoms with van der Waals surface area (Å²) in [6.45, 7) is 5.46. The average molecular weight is 254 g/mol. The summed E-state index contributed by atoms with van der Waals surface area (Å²) >= 11 is 0. The normalized spacial score (nSPS) is 12.6. The quantitative estimate of drug-likeness (QED) is 0.851. The molecule has 0 bridgehead atoms. The van der Waals surface area contributed by atoms with E-state index in [4.69, 9.17) is 0 Å². The summed E-state index contributed by atoms with van der Waals surface area (Å²) in [7, 11) is 0. The van der Waals surface area contributed by atoms with Crippen molar-refractivity contribution in [1.82, 2.24) is 10.3 Å². The molecule has 1 aromatic heterocycles. The van der Waals surface area contributed by atoms with E-state index in [0.29, 0.717) is 12.0 Å². The van der Waals surface area contributed by atoms with Crippen LogP contribution in [0.15, 0.2) is 54.7 Å². The lowest BCUT2D eigenvalue weighted by Crippen LogP contribution is -2.27. The van der Waals surface area contributed by atoms with Gasteiger partial charge in [0, 0.05) is 30.9 Å². The first kappa shape index (κ1) is 13.8. The molecule has 0 saturated carbocycles. The largest absolute Gasteiger partial charge is 0.309 e. The fraction of sp³-hybridized carbons (Fsp3) is 0.353. The minimum atomic E-state index is 0.407. The maximum absolute atomic E-state index is 4.35. The molecule has 0 saturated heterocycles. The zero-order chi connectivity index (χ0) is 13.5. The van der Waals surface area contributed by atoms with Gasteiger partial charge in [-0.05, 0) is 23.6 Å². The van der Waals surface area contributed by atoms with Gasteiger partial charge in [0.25, 0.3) is 0 Å². The van der Waals surface area contributed by atoms with Crippen molar-refractivity contribution in [3.05, 3.63) is 66.0 Å². The predicted molar refractivity (Wildman–Crippen MR) is 80.0 cm³/mol. The second-order valence-electron chi connectivity index (χ2n) is 5.16. The van der Waals surface area contributed by atoms with Crippen molar-refractivity contribution in [2.24, 2.45) is 5.92 Å². The van der Waals surface area contributed by atoms with Crippen molar-refractivity contribution in [3.8, 4) is 0 Å². The standard InChI is InChI=1S/C17H22N2/c1-14(2)17(15-8-4-3-5-9-15)19-13-11-16-10-6-7-12-18-16/h3-10,12,14,17,19H,11,13H2,1-2H3. The topological polar surface area (TPSA) is 24.9 Å². The average Bonchev–Trinajstić information content (AvgIpc) is 2.45. The zero-order valence-electron chi connectivity index (χ0n) is 11.7. The van der Waals surface area contributed by atoms with Crippen LogP contribution >= 0.6 is 0 Å². The van der Waals surface area contributed by atoms with E-state index in [2.05, 4.69) is 60.5 Å². The molecule has 2 aromatic rings. The Bertz CT molecular complexity index is 465. The van der Waals surface area contributed by atoms with Crippen molar-refractivity contribution in [1.29, 1.82) is 0 Å². The lowest BCUT2D eigenvalue weighted by Gasteiger charge is -2.23. The Morgan fingerprint density at radius 1 is 1.00 bits per heavy atom. The summed E-state index contributed by atoms with van der Waals surface area (Å²) in [6, 6.07) is 17.1. The fourth-order valence-corrected chi connectivity index (χ4v) is 2.30. The van der Waals surface area contributed by atoms with Crippen LogP contribution in [-0.2, 0) is 6.42 Å². The molecule has 2 heteroatoms. The summed E-state index contributed by atoms with van der Waals surface area (Å²) in [5, 5.41) is 3.64. The van der Waals surface area contributed by atoms with E-state index in [-0.39, 0.29) is 0 Å². The molecule has 0 fully saturated rings. The van der Waals surface area contributed by atoms with Gasteiger partial charge in [-0.1, -0.05) is 50.2 Å². The highest BCUT2D eigenvalue weighted by Crippen LogP contribution is 2.20. The second kappa shape index (κ2) is 7.05. The minimum Gasteiger partial charge on any atom is -0.309 e. The monoisotopic (exact) mass is 254 g/mol. The molecule has 1 atom stereocenters. The molecule has 1 aromatic carbocycles. The second-order valence-corrected chi connectivity index (χ2v) is 5.16. The third kappa shape index (κ3) is 4.18. The Labute approximate surface area is 115 Å². The first-order chi connectivity index (χ1) is 9.27. The summed E-state index contributed by atoms with van der Waals surface area (Å²) in [6.07, 6.45) is 2.82. The molecule has 0 spiro atoms. The number of nitrogens with zero attached hydrogens (tertiary/aromatic N) is 1. The first-order valence-electron chi connectivity index (χ1n) is 6.95. The Hall–Kier alpha value is -1.67. The predicted octanol–water partition coefficient (Wildman–Crippen LogP) is 3.61. The van der Waals surface area contributed by atoms with Crippen LogP contribution in [0.5, 0.6) is 0 Å². The number of rotatable bonds is 6. The molecule has 0 amide bonds. The van der Waals surface area contributed by atoms with Crippen LogP contribution in [0.3, 0.4) is 0 Å². The smallest absolute Gasteiger partial charge is 0.0416 e. The van der Waals surface area contributed by atoms with Crippen LogP contribution < -0.4 is 5.32 Å². The van der Waals surface area contributed by atoms with Crippen molar-refractivity contribution in [2.75, 3.05) is 6.54 Å². The van der Waals surface area contributed by atoms with Crippen LogP contribution in [0, 0.1) is 5.92 Å². The molecule has 0 aliphatic rings. The maximum Gasteiger partial charge on any atom is 0.0416 e. The van der Waals surface area contributed by atoms with Crippen molar-refractivity contribution in [3.63, 3.8) is 0 Å². The summed E-state index contributed by atoms with van der Waals surface area (Å²) in [5.74, 6) is 0.575. The number of aromatic nitrogens is 1. The van der Waals surface area contributed by atoms with Gasteiger partial charge in [-0.2, -0.15) is 0 Å². The van der Waals surface area contributed by atoms with Crippen LogP contribution in [0.25, 0.3) is 0 Å². The first-order valence-corrected chi connectivity index (χ1v) is 6.95. The van der Waals surface area contributed by atoms with E-state index in [0.717, 1.165) is 18.7 Å². The lowest BCUT2D eigenvalue weighted by molar-refractivity contribution is 0.414. The molecule has 1 unspecified atom stereocenters. The molecule has 0 aliphatic heterocycles. The van der Waals surface area contributed by atoms with Crippen molar-refractivity contribution in [2.45, 2.75) is 26.3 Å². The lowest BCUT2D eigenvalue weighted by atomic mass is 9.96. The van der Waals surface area contributed by atoms with Gasteiger partial charge >= 0.3 is 0 Å².